The fraction of sp³-hybridized carbons (Fsp3) is 0.138. The Bertz CT molecular complexity index is 1800. The number of H-pyrrole nitrogens is 2. The van der Waals surface area contributed by atoms with Crippen LogP contribution in [-0.2, 0) is 5.54 Å². The molecule has 0 saturated carbocycles. The Morgan fingerprint density at radius 3 is 2.58 bits per heavy atom. The number of nitrogens with one attached hydrogen (secondary N) is 2. The molecule has 0 spiro atoms. The van der Waals surface area contributed by atoms with Gasteiger partial charge in [-0.05, 0) is 66.5 Å². The molecule has 40 heavy (non-hydrogen) atoms. The van der Waals surface area contributed by atoms with Crippen molar-refractivity contribution < 1.29 is 5.11 Å². The molecule has 11 nitrogen and oxygen atoms in total. The number of aliphatic hydroxyl groups excluding tert-OH is 1. The Morgan fingerprint density at radius 2 is 1.85 bits per heavy atom. The number of nitrogens with zero attached hydrogens (tertiary/aromatic N) is 7. The number of aliphatic hydroxyl groups is 1. The number of benzene rings is 2. The zero-order valence-corrected chi connectivity index (χ0v) is 21.7. The molecule has 2 atom stereocenters. The molecule has 6 rings (SSSR count). The van der Waals surface area contributed by atoms with E-state index in [1.54, 1.807) is 36.6 Å². The van der Waals surface area contributed by atoms with Crippen LogP contribution in [0.25, 0.3) is 22.6 Å². The number of allylic oxidation sites excluding steroid dienone is 2. The van der Waals surface area contributed by atoms with E-state index in [2.05, 4.69) is 40.9 Å². The van der Waals surface area contributed by atoms with Crippen LogP contribution in [0.2, 0.25) is 0 Å². The van der Waals surface area contributed by atoms with E-state index in [1.807, 2.05) is 68.4 Å². The van der Waals surface area contributed by atoms with Gasteiger partial charge in [-0.1, -0.05) is 59.8 Å². The van der Waals surface area contributed by atoms with Gasteiger partial charge in [-0.2, -0.15) is 10.3 Å². The summed E-state index contributed by atoms with van der Waals surface area (Å²) in [5, 5.41) is 38.3. The fourth-order valence-electron chi connectivity index (χ4n) is 4.65. The first-order chi connectivity index (χ1) is 19.5. The van der Waals surface area contributed by atoms with Gasteiger partial charge in [-0.25, -0.2) is 4.68 Å². The summed E-state index contributed by atoms with van der Waals surface area (Å²) in [6.07, 6.45) is 5.62. The van der Waals surface area contributed by atoms with E-state index >= 15 is 0 Å². The molecule has 0 saturated heterocycles. The number of aryl methyl sites for hydroxylation is 2. The quantitative estimate of drug-likeness (QED) is 0.277. The van der Waals surface area contributed by atoms with Crippen LogP contribution in [0.3, 0.4) is 0 Å². The molecule has 2 aromatic carbocycles. The molecule has 3 aromatic heterocycles. The molecule has 1 aliphatic carbocycles. The van der Waals surface area contributed by atoms with Crippen molar-refractivity contribution in [3.8, 4) is 17.1 Å². The van der Waals surface area contributed by atoms with Gasteiger partial charge in [-0.15, -0.1) is 15.3 Å². The summed E-state index contributed by atoms with van der Waals surface area (Å²) in [4.78, 5) is 18.2. The highest BCUT2D eigenvalue weighted by Gasteiger charge is 2.46. The zero-order chi connectivity index (χ0) is 27.7. The van der Waals surface area contributed by atoms with E-state index in [9.17, 15) is 9.90 Å². The standard InChI is InChI=1S/C29H25N9O2/c1-18-13-14-21(17-19(18)2)38-27(40)25(24(34-38)23-12-6-7-16-30-23)31-35-29(28-32-36-37-33-28)15-8-11-22(26(29)39)20-9-4-3-5-10-20/h3-17,26,34,39H,1-2H3,(H,32,33,36,37). The molecule has 3 N–H and O–H groups in total. The first-order valence-corrected chi connectivity index (χ1v) is 12.6. The third-order valence-corrected chi connectivity index (χ3v) is 7.00. The molecule has 0 aliphatic heterocycles. The van der Waals surface area contributed by atoms with Gasteiger partial charge in [0, 0.05) is 6.20 Å². The Morgan fingerprint density at radius 1 is 1.02 bits per heavy atom. The molecule has 0 amide bonds. The molecule has 11 heteroatoms. The molecule has 0 radical (unpaired) electrons. The lowest BCUT2D eigenvalue weighted by atomic mass is 9.81. The Kier molecular flexibility index (Phi) is 6.33. The normalized spacial score (nSPS) is 18.8. The molecular weight excluding hydrogens is 506 g/mol. The number of rotatable bonds is 6. The number of hydrogen-bond acceptors (Lipinski definition) is 8. The van der Waals surface area contributed by atoms with Gasteiger partial charge in [0.15, 0.2) is 11.2 Å². The number of azo groups is 1. The lowest BCUT2D eigenvalue weighted by Gasteiger charge is -2.31. The van der Waals surface area contributed by atoms with E-state index < -0.39 is 17.2 Å². The lowest BCUT2D eigenvalue weighted by molar-refractivity contribution is 0.153. The third kappa shape index (κ3) is 4.28. The minimum absolute atomic E-state index is 0.0243. The van der Waals surface area contributed by atoms with Crippen LogP contribution in [0.4, 0.5) is 5.69 Å². The van der Waals surface area contributed by atoms with Gasteiger partial charge in [-0.3, -0.25) is 14.9 Å². The first kappa shape index (κ1) is 25.0. The minimum Gasteiger partial charge on any atom is -0.385 e. The predicted octanol–water partition coefficient (Wildman–Crippen LogP) is 4.35. The number of pyridine rings is 1. The predicted molar refractivity (Wildman–Crippen MR) is 149 cm³/mol. The molecule has 2 unspecified atom stereocenters. The van der Waals surface area contributed by atoms with Crippen LogP contribution in [0.15, 0.2) is 106 Å². The summed E-state index contributed by atoms with van der Waals surface area (Å²) in [6.45, 7) is 3.99. The zero-order valence-electron chi connectivity index (χ0n) is 21.7. The van der Waals surface area contributed by atoms with Gasteiger partial charge in [0.25, 0.3) is 5.56 Å². The maximum atomic E-state index is 13.8. The van der Waals surface area contributed by atoms with Crippen LogP contribution in [0, 0.1) is 13.8 Å². The highest BCUT2D eigenvalue weighted by Crippen LogP contribution is 2.40. The van der Waals surface area contributed by atoms with Crippen LogP contribution in [0.5, 0.6) is 0 Å². The number of aromatic nitrogens is 7. The van der Waals surface area contributed by atoms with E-state index in [-0.39, 0.29) is 11.5 Å². The van der Waals surface area contributed by atoms with Crippen molar-refractivity contribution in [2.45, 2.75) is 25.5 Å². The molecule has 198 valence electrons. The fourth-order valence-corrected chi connectivity index (χ4v) is 4.65. The van der Waals surface area contributed by atoms with Crippen molar-refractivity contribution >= 4 is 11.3 Å². The van der Waals surface area contributed by atoms with Crippen molar-refractivity contribution in [3.05, 3.63) is 124 Å². The lowest BCUT2D eigenvalue weighted by Crippen LogP contribution is -2.39. The molecule has 3 heterocycles. The van der Waals surface area contributed by atoms with Crippen molar-refractivity contribution in [2.24, 2.45) is 10.2 Å². The van der Waals surface area contributed by atoms with Gasteiger partial charge in [0.05, 0.1) is 11.4 Å². The highest BCUT2D eigenvalue weighted by atomic mass is 16.3. The second-order valence-corrected chi connectivity index (χ2v) is 9.47. The SMILES string of the molecule is Cc1ccc(-n2[nH]c(-c3ccccn3)c(N=NC3(c4nn[nH]n4)C=CC=C(c4ccccc4)C3O)c2=O)cc1C. The van der Waals surface area contributed by atoms with E-state index in [0.29, 0.717) is 22.6 Å². The first-order valence-electron chi connectivity index (χ1n) is 12.6. The van der Waals surface area contributed by atoms with Gasteiger partial charge >= 0.3 is 0 Å². The van der Waals surface area contributed by atoms with Crippen LogP contribution >= 0.6 is 0 Å². The van der Waals surface area contributed by atoms with Gasteiger partial charge in [0.1, 0.15) is 11.8 Å². The number of hydrogen-bond donors (Lipinski definition) is 3. The van der Waals surface area contributed by atoms with Crippen molar-refractivity contribution in [1.82, 2.24) is 35.4 Å². The van der Waals surface area contributed by atoms with Crippen LogP contribution in [0.1, 0.15) is 22.5 Å². The summed E-state index contributed by atoms with van der Waals surface area (Å²) in [6, 6.07) is 20.5. The minimum atomic E-state index is -1.55. The average Bonchev–Trinajstić information content (AvgIpc) is 3.64. The summed E-state index contributed by atoms with van der Waals surface area (Å²) < 4.78 is 1.41. The topological polar surface area (TPSA) is 150 Å². The van der Waals surface area contributed by atoms with Crippen LogP contribution in [-0.4, -0.2) is 46.6 Å². The van der Waals surface area contributed by atoms with Crippen molar-refractivity contribution in [1.29, 1.82) is 0 Å². The largest absolute Gasteiger partial charge is 0.385 e. The average molecular weight is 532 g/mol. The smallest absolute Gasteiger partial charge is 0.299 e. The maximum absolute atomic E-state index is 13.8. The van der Waals surface area contributed by atoms with Crippen LogP contribution < -0.4 is 5.56 Å². The third-order valence-electron chi connectivity index (χ3n) is 7.00. The summed E-state index contributed by atoms with van der Waals surface area (Å²) >= 11 is 0. The van der Waals surface area contributed by atoms with Gasteiger partial charge in [0.2, 0.25) is 5.82 Å². The molecular formula is C29H25N9O2. The van der Waals surface area contributed by atoms with Crippen molar-refractivity contribution in [3.63, 3.8) is 0 Å². The monoisotopic (exact) mass is 531 g/mol. The Labute approximate surface area is 228 Å². The summed E-state index contributed by atoms with van der Waals surface area (Å²) in [5.41, 5.74) is 3.12. The molecule has 0 fully saturated rings. The highest BCUT2D eigenvalue weighted by molar-refractivity contribution is 5.74. The maximum Gasteiger partial charge on any atom is 0.299 e. The van der Waals surface area contributed by atoms with E-state index in [1.165, 1.54) is 4.68 Å². The molecule has 1 aliphatic rings. The summed E-state index contributed by atoms with van der Waals surface area (Å²) in [5.74, 6) is 0.103. The van der Waals surface area contributed by atoms with E-state index in [0.717, 1.165) is 16.7 Å². The van der Waals surface area contributed by atoms with E-state index in [4.69, 9.17) is 0 Å². The van der Waals surface area contributed by atoms with Gasteiger partial charge < -0.3 is 5.11 Å². The Hall–Kier alpha value is -5.29. The second-order valence-electron chi connectivity index (χ2n) is 9.47. The molecule has 5 aromatic rings. The number of tetrazole rings is 1. The Balaban J connectivity index is 1.51. The number of aromatic amines is 2. The summed E-state index contributed by atoms with van der Waals surface area (Å²) in [7, 11) is 0. The second kappa shape index (κ2) is 10.1. The molecule has 0 bridgehead atoms. The van der Waals surface area contributed by atoms with Crippen molar-refractivity contribution in [2.75, 3.05) is 0 Å².